The van der Waals surface area contributed by atoms with Crippen LogP contribution < -0.4 is 15.1 Å². The highest BCUT2D eigenvalue weighted by Gasteiger charge is 2.12. The van der Waals surface area contributed by atoms with Gasteiger partial charge in [0.1, 0.15) is 11.6 Å². The van der Waals surface area contributed by atoms with E-state index in [4.69, 9.17) is 9.97 Å². The van der Waals surface area contributed by atoms with Crippen molar-refractivity contribution >= 4 is 23.1 Å². The predicted molar refractivity (Wildman–Crippen MR) is 120 cm³/mol. The second-order valence-corrected chi connectivity index (χ2v) is 7.66. The molecule has 0 saturated carbocycles. The van der Waals surface area contributed by atoms with Crippen molar-refractivity contribution in [1.82, 2.24) is 25.1 Å². The van der Waals surface area contributed by atoms with Crippen LogP contribution in [0.5, 0.6) is 0 Å². The molecule has 0 aliphatic rings. The zero-order chi connectivity index (χ0) is 21.0. The van der Waals surface area contributed by atoms with E-state index >= 15 is 0 Å². The average molecular weight is 395 g/mol. The van der Waals surface area contributed by atoms with Crippen molar-refractivity contribution in [3.8, 4) is 11.4 Å². The summed E-state index contributed by atoms with van der Waals surface area (Å²) < 4.78 is 0. The Morgan fingerprint density at radius 1 is 0.897 bits per heavy atom. The van der Waals surface area contributed by atoms with Crippen molar-refractivity contribution in [2.45, 2.75) is 6.92 Å². The molecule has 8 nitrogen and oxygen atoms in total. The third-order valence-electron chi connectivity index (χ3n) is 4.59. The number of aryl methyl sites for hydroxylation is 1. The number of likely N-dealkylation sites (N-methyl/N-ethyl adjacent to an activating group) is 2. The van der Waals surface area contributed by atoms with Crippen molar-refractivity contribution in [2.24, 2.45) is 0 Å². The molecule has 3 rings (SSSR count). The Kier molecular flexibility index (Phi) is 6.33. The second-order valence-electron chi connectivity index (χ2n) is 7.66. The number of nitrogens with one attached hydrogen (secondary N) is 2. The minimum Gasteiger partial charge on any atom is -0.378 e. The van der Waals surface area contributed by atoms with Gasteiger partial charge in [-0.2, -0.15) is 5.10 Å². The molecule has 3 aromatic rings. The summed E-state index contributed by atoms with van der Waals surface area (Å²) in [4.78, 5) is 15.9. The van der Waals surface area contributed by atoms with Crippen molar-refractivity contribution in [1.29, 1.82) is 0 Å². The number of benzene rings is 1. The molecule has 29 heavy (non-hydrogen) atoms. The third-order valence-corrected chi connectivity index (χ3v) is 4.59. The van der Waals surface area contributed by atoms with E-state index in [9.17, 15) is 0 Å². The number of hydrogen-bond acceptors (Lipinski definition) is 7. The normalized spacial score (nSPS) is 11.0. The van der Waals surface area contributed by atoms with Crippen LogP contribution in [0.2, 0.25) is 0 Å². The first kappa shape index (κ1) is 20.6. The highest BCUT2D eigenvalue weighted by Crippen LogP contribution is 2.25. The summed E-state index contributed by atoms with van der Waals surface area (Å²) >= 11 is 0. The lowest BCUT2D eigenvalue weighted by Gasteiger charge is -2.21. The van der Waals surface area contributed by atoms with E-state index in [-0.39, 0.29) is 0 Å². The molecular formula is C21H30N8. The quantitative estimate of drug-likeness (QED) is 0.608. The van der Waals surface area contributed by atoms with Crippen LogP contribution in [0.4, 0.5) is 23.1 Å². The Labute approximate surface area is 172 Å². The first-order chi connectivity index (χ1) is 13.8. The number of aromatic nitrogens is 4. The van der Waals surface area contributed by atoms with E-state index in [0.29, 0.717) is 11.6 Å². The summed E-state index contributed by atoms with van der Waals surface area (Å²) in [6.45, 7) is 3.77. The van der Waals surface area contributed by atoms with Gasteiger partial charge in [-0.25, -0.2) is 9.97 Å². The van der Waals surface area contributed by atoms with Crippen LogP contribution >= 0.6 is 0 Å². The Hall–Kier alpha value is -3.13. The average Bonchev–Trinajstić information content (AvgIpc) is 3.10. The number of aromatic amines is 1. The van der Waals surface area contributed by atoms with Gasteiger partial charge in [0.25, 0.3) is 0 Å². The minimum atomic E-state index is 0.680. The molecule has 0 spiro atoms. The van der Waals surface area contributed by atoms with Gasteiger partial charge in [0.05, 0.1) is 0 Å². The first-order valence-electron chi connectivity index (χ1n) is 9.63. The van der Waals surface area contributed by atoms with E-state index in [0.717, 1.165) is 41.7 Å². The Morgan fingerprint density at radius 2 is 1.62 bits per heavy atom. The fourth-order valence-corrected chi connectivity index (χ4v) is 2.81. The molecule has 0 bridgehead atoms. The van der Waals surface area contributed by atoms with Gasteiger partial charge in [0, 0.05) is 63.3 Å². The standard InChI is InChI=1S/C21H30N8/c1-15-13-19(26-25-15)22-18-14-20(29(6)12-11-27(2)3)24-21(23-18)16-7-9-17(10-8-16)28(4)5/h7-10,13-14H,11-12H2,1-6H3,(H2,22,23,24,25,26). The lowest BCUT2D eigenvalue weighted by Crippen LogP contribution is -2.29. The predicted octanol–water partition coefficient (Wildman–Crippen LogP) is 2.98. The molecule has 8 heteroatoms. The Balaban J connectivity index is 1.94. The van der Waals surface area contributed by atoms with Gasteiger partial charge in [0.2, 0.25) is 0 Å². The van der Waals surface area contributed by atoms with Gasteiger partial charge < -0.3 is 20.0 Å². The number of H-pyrrole nitrogens is 1. The van der Waals surface area contributed by atoms with Crippen LogP contribution in [-0.2, 0) is 0 Å². The van der Waals surface area contributed by atoms with Crippen LogP contribution in [0.15, 0.2) is 36.4 Å². The van der Waals surface area contributed by atoms with E-state index in [2.05, 4.69) is 68.6 Å². The van der Waals surface area contributed by atoms with E-state index in [1.807, 2.05) is 40.2 Å². The van der Waals surface area contributed by atoms with Crippen molar-refractivity contribution < 1.29 is 0 Å². The maximum absolute atomic E-state index is 4.82. The zero-order valence-electron chi connectivity index (χ0n) is 18.1. The maximum atomic E-state index is 4.82. The highest BCUT2D eigenvalue weighted by molar-refractivity contribution is 5.66. The molecule has 154 valence electrons. The number of hydrogen-bond donors (Lipinski definition) is 2. The monoisotopic (exact) mass is 394 g/mol. The molecule has 0 saturated heterocycles. The van der Waals surface area contributed by atoms with E-state index < -0.39 is 0 Å². The Bertz CT molecular complexity index is 930. The van der Waals surface area contributed by atoms with E-state index in [1.54, 1.807) is 0 Å². The minimum absolute atomic E-state index is 0.680. The fraction of sp³-hybridized carbons (Fsp3) is 0.381. The highest BCUT2D eigenvalue weighted by atomic mass is 15.2. The summed E-state index contributed by atoms with van der Waals surface area (Å²) in [5.41, 5.74) is 3.10. The molecule has 0 aliphatic carbocycles. The van der Waals surface area contributed by atoms with Crippen LogP contribution in [0.1, 0.15) is 5.69 Å². The summed E-state index contributed by atoms with van der Waals surface area (Å²) in [7, 11) is 10.2. The maximum Gasteiger partial charge on any atom is 0.163 e. The van der Waals surface area contributed by atoms with Crippen LogP contribution in [0.3, 0.4) is 0 Å². The fourth-order valence-electron chi connectivity index (χ4n) is 2.81. The van der Waals surface area contributed by atoms with Crippen molar-refractivity contribution in [3.05, 3.63) is 42.1 Å². The van der Waals surface area contributed by atoms with Gasteiger partial charge in [0.15, 0.2) is 11.6 Å². The van der Waals surface area contributed by atoms with Crippen LogP contribution in [0, 0.1) is 6.92 Å². The molecule has 0 fully saturated rings. The summed E-state index contributed by atoms with van der Waals surface area (Å²) in [5, 5.41) is 10.5. The van der Waals surface area contributed by atoms with Crippen LogP contribution in [0.25, 0.3) is 11.4 Å². The second kappa shape index (κ2) is 8.91. The van der Waals surface area contributed by atoms with E-state index in [1.165, 1.54) is 0 Å². The third kappa shape index (κ3) is 5.45. The summed E-state index contributed by atoms with van der Waals surface area (Å²) in [5.74, 6) is 2.99. The molecule has 0 amide bonds. The zero-order valence-corrected chi connectivity index (χ0v) is 18.1. The first-order valence-corrected chi connectivity index (χ1v) is 9.63. The smallest absolute Gasteiger partial charge is 0.163 e. The van der Waals surface area contributed by atoms with Crippen molar-refractivity contribution in [2.75, 3.05) is 63.4 Å². The molecule has 0 aliphatic heterocycles. The Morgan fingerprint density at radius 3 is 2.21 bits per heavy atom. The molecule has 0 unspecified atom stereocenters. The van der Waals surface area contributed by atoms with Gasteiger partial charge in [-0.05, 0) is 45.3 Å². The van der Waals surface area contributed by atoms with Gasteiger partial charge >= 0.3 is 0 Å². The van der Waals surface area contributed by atoms with Gasteiger partial charge in [-0.1, -0.05) is 0 Å². The number of anilines is 4. The molecular weight excluding hydrogens is 364 g/mol. The van der Waals surface area contributed by atoms with Crippen molar-refractivity contribution in [3.63, 3.8) is 0 Å². The van der Waals surface area contributed by atoms with Gasteiger partial charge in [-0.15, -0.1) is 0 Å². The summed E-state index contributed by atoms with van der Waals surface area (Å²) in [6.07, 6.45) is 0. The number of nitrogens with zero attached hydrogens (tertiary/aromatic N) is 6. The molecule has 0 radical (unpaired) electrons. The number of rotatable bonds is 8. The molecule has 2 N–H and O–H groups in total. The lowest BCUT2D eigenvalue weighted by molar-refractivity contribution is 0.416. The topological polar surface area (TPSA) is 76.2 Å². The molecule has 1 aromatic carbocycles. The molecule has 0 atom stereocenters. The molecule has 2 heterocycles. The molecule has 2 aromatic heterocycles. The van der Waals surface area contributed by atoms with Gasteiger partial charge in [-0.3, -0.25) is 5.10 Å². The summed E-state index contributed by atoms with van der Waals surface area (Å²) in [6, 6.07) is 12.2. The largest absolute Gasteiger partial charge is 0.378 e. The van der Waals surface area contributed by atoms with Crippen LogP contribution in [-0.4, -0.2) is 73.4 Å². The lowest BCUT2D eigenvalue weighted by atomic mass is 10.2. The SMILES string of the molecule is Cc1cc(Nc2cc(N(C)CCN(C)C)nc(-c3ccc(N(C)C)cc3)n2)n[nH]1.